The maximum Gasteiger partial charge on any atom is 0.137 e. The molecule has 0 fully saturated rings. The molecule has 114 valence electrons. The first-order valence-electron chi connectivity index (χ1n) is 6.90. The molecular formula is C17H12ClFN4. The van der Waals surface area contributed by atoms with Crippen LogP contribution in [0.2, 0.25) is 5.02 Å². The Balaban J connectivity index is 2.16. The highest BCUT2D eigenvalue weighted by atomic mass is 35.5. The minimum atomic E-state index is -1.02. The fourth-order valence-corrected chi connectivity index (χ4v) is 2.67. The molecule has 0 amide bonds. The minimum Gasteiger partial charge on any atom is -0.251 e. The predicted octanol–water partition coefficient (Wildman–Crippen LogP) is 3.58. The summed E-state index contributed by atoms with van der Waals surface area (Å²) in [7, 11) is 0. The summed E-state index contributed by atoms with van der Waals surface area (Å²) >= 11 is 5.95. The Bertz CT molecular complexity index is 775. The predicted molar refractivity (Wildman–Crippen MR) is 84.3 cm³/mol. The number of nitrogens with zero attached hydrogens (tertiary/aromatic N) is 4. The van der Waals surface area contributed by atoms with Crippen LogP contribution in [0.3, 0.4) is 0 Å². The summed E-state index contributed by atoms with van der Waals surface area (Å²) in [4.78, 5) is 3.92. The average Bonchev–Trinajstić information content (AvgIpc) is 3.07. The standard InChI is InChI=1S/C17H12ClFN4/c18-15-5-1-13(2-6-15)17(9-20,10-23-12-21-11-22-23)14-3-7-16(19)8-4-14/h1-8,11-12H,10H2. The first-order chi connectivity index (χ1) is 11.1. The third-order valence-corrected chi connectivity index (χ3v) is 3.98. The zero-order valence-corrected chi connectivity index (χ0v) is 12.8. The number of nitriles is 1. The van der Waals surface area contributed by atoms with Gasteiger partial charge in [-0.05, 0) is 35.4 Å². The van der Waals surface area contributed by atoms with Crippen molar-refractivity contribution in [3.63, 3.8) is 0 Å². The van der Waals surface area contributed by atoms with Gasteiger partial charge in [0.1, 0.15) is 23.9 Å². The van der Waals surface area contributed by atoms with Gasteiger partial charge in [0, 0.05) is 5.02 Å². The molecule has 23 heavy (non-hydrogen) atoms. The van der Waals surface area contributed by atoms with E-state index in [2.05, 4.69) is 16.2 Å². The highest BCUT2D eigenvalue weighted by molar-refractivity contribution is 6.30. The molecule has 4 nitrogen and oxygen atoms in total. The van der Waals surface area contributed by atoms with Gasteiger partial charge in [-0.2, -0.15) is 10.4 Å². The molecule has 0 saturated carbocycles. The summed E-state index contributed by atoms with van der Waals surface area (Å²) < 4.78 is 14.9. The summed E-state index contributed by atoms with van der Waals surface area (Å²) in [5.74, 6) is -0.350. The first-order valence-corrected chi connectivity index (χ1v) is 7.27. The second-order valence-corrected chi connectivity index (χ2v) is 5.56. The van der Waals surface area contributed by atoms with Crippen LogP contribution in [-0.4, -0.2) is 14.8 Å². The van der Waals surface area contributed by atoms with Gasteiger partial charge in [0.05, 0.1) is 12.6 Å². The van der Waals surface area contributed by atoms with E-state index in [0.717, 1.165) is 5.56 Å². The van der Waals surface area contributed by atoms with Gasteiger partial charge >= 0.3 is 0 Å². The molecule has 0 bridgehead atoms. The number of hydrogen-bond acceptors (Lipinski definition) is 3. The van der Waals surface area contributed by atoms with Crippen molar-refractivity contribution < 1.29 is 4.39 Å². The summed E-state index contributed by atoms with van der Waals surface area (Å²) in [5.41, 5.74) is 0.414. The summed E-state index contributed by atoms with van der Waals surface area (Å²) in [6.45, 7) is 0.261. The van der Waals surface area contributed by atoms with Crippen LogP contribution in [0.4, 0.5) is 4.39 Å². The van der Waals surface area contributed by atoms with Crippen molar-refractivity contribution >= 4 is 11.6 Å². The summed E-state index contributed by atoms with van der Waals surface area (Å²) in [6, 6.07) is 15.3. The Hall–Kier alpha value is -2.71. The fraction of sp³-hybridized carbons (Fsp3) is 0.118. The van der Waals surface area contributed by atoms with Crippen molar-refractivity contribution in [1.82, 2.24) is 14.8 Å². The quantitative estimate of drug-likeness (QED) is 0.736. The fourth-order valence-electron chi connectivity index (χ4n) is 2.54. The molecule has 3 aromatic rings. The molecule has 1 unspecified atom stereocenters. The van der Waals surface area contributed by atoms with Gasteiger partial charge in [-0.15, -0.1) is 0 Å². The van der Waals surface area contributed by atoms with Crippen LogP contribution in [0.25, 0.3) is 0 Å². The van der Waals surface area contributed by atoms with Crippen LogP contribution < -0.4 is 0 Å². The van der Waals surface area contributed by atoms with E-state index in [0.29, 0.717) is 10.6 Å². The molecule has 1 atom stereocenters. The van der Waals surface area contributed by atoms with E-state index in [4.69, 9.17) is 11.6 Å². The van der Waals surface area contributed by atoms with Crippen molar-refractivity contribution in [1.29, 1.82) is 5.26 Å². The van der Waals surface area contributed by atoms with E-state index < -0.39 is 5.41 Å². The highest BCUT2D eigenvalue weighted by Crippen LogP contribution is 2.34. The Morgan fingerprint density at radius 1 is 1.09 bits per heavy atom. The number of hydrogen-bond donors (Lipinski definition) is 0. The molecule has 0 aliphatic rings. The van der Waals surface area contributed by atoms with E-state index in [1.807, 2.05) is 0 Å². The highest BCUT2D eigenvalue weighted by Gasteiger charge is 2.35. The number of rotatable bonds is 4. The van der Waals surface area contributed by atoms with Crippen LogP contribution >= 0.6 is 11.6 Å². The molecular weight excluding hydrogens is 315 g/mol. The Kier molecular flexibility index (Phi) is 4.09. The monoisotopic (exact) mass is 326 g/mol. The lowest BCUT2D eigenvalue weighted by Gasteiger charge is -2.27. The first kappa shape index (κ1) is 15.2. The van der Waals surface area contributed by atoms with E-state index in [1.165, 1.54) is 18.5 Å². The van der Waals surface area contributed by atoms with Crippen molar-refractivity contribution in [2.75, 3.05) is 0 Å². The van der Waals surface area contributed by atoms with Crippen LogP contribution in [0, 0.1) is 17.1 Å². The zero-order chi connectivity index (χ0) is 16.3. The van der Waals surface area contributed by atoms with E-state index >= 15 is 0 Å². The van der Waals surface area contributed by atoms with Crippen LogP contribution in [-0.2, 0) is 12.0 Å². The average molecular weight is 327 g/mol. The van der Waals surface area contributed by atoms with Crippen LogP contribution in [0.5, 0.6) is 0 Å². The molecule has 2 aromatic carbocycles. The van der Waals surface area contributed by atoms with Crippen LogP contribution in [0.1, 0.15) is 11.1 Å². The molecule has 3 rings (SSSR count). The van der Waals surface area contributed by atoms with Crippen molar-refractivity contribution in [2.24, 2.45) is 0 Å². The van der Waals surface area contributed by atoms with E-state index in [-0.39, 0.29) is 12.4 Å². The third kappa shape index (κ3) is 2.94. The second-order valence-electron chi connectivity index (χ2n) is 5.12. The Morgan fingerprint density at radius 3 is 2.22 bits per heavy atom. The van der Waals surface area contributed by atoms with E-state index in [1.54, 1.807) is 47.4 Å². The lowest BCUT2D eigenvalue weighted by molar-refractivity contribution is 0.486. The van der Waals surface area contributed by atoms with Gasteiger partial charge in [-0.1, -0.05) is 35.9 Å². The number of aromatic nitrogens is 3. The van der Waals surface area contributed by atoms with Gasteiger partial charge in [-0.3, -0.25) is 4.68 Å². The van der Waals surface area contributed by atoms with Crippen molar-refractivity contribution in [2.45, 2.75) is 12.0 Å². The molecule has 0 spiro atoms. The lowest BCUT2D eigenvalue weighted by Crippen LogP contribution is -2.32. The maximum atomic E-state index is 13.3. The Labute approximate surface area is 137 Å². The minimum absolute atomic E-state index is 0.261. The summed E-state index contributed by atoms with van der Waals surface area (Å²) in [6.07, 6.45) is 2.96. The molecule has 6 heteroatoms. The van der Waals surface area contributed by atoms with Gasteiger partial charge in [0.25, 0.3) is 0 Å². The SMILES string of the molecule is N#CC(Cn1cncn1)(c1ccc(F)cc1)c1ccc(Cl)cc1. The molecule has 0 saturated heterocycles. The number of benzene rings is 2. The second kappa shape index (κ2) is 6.19. The Morgan fingerprint density at radius 2 is 1.70 bits per heavy atom. The molecule has 0 aliphatic carbocycles. The number of halogens is 2. The zero-order valence-electron chi connectivity index (χ0n) is 12.0. The smallest absolute Gasteiger partial charge is 0.137 e. The largest absolute Gasteiger partial charge is 0.251 e. The lowest BCUT2D eigenvalue weighted by atomic mass is 9.75. The van der Waals surface area contributed by atoms with Gasteiger partial charge in [-0.25, -0.2) is 9.37 Å². The third-order valence-electron chi connectivity index (χ3n) is 3.73. The molecule has 0 aliphatic heterocycles. The van der Waals surface area contributed by atoms with Crippen molar-refractivity contribution in [3.8, 4) is 6.07 Å². The van der Waals surface area contributed by atoms with E-state index in [9.17, 15) is 9.65 Å². The van der Waals surface area contributed by atoms with Crippen LogP contribution in [0.15, 0.2) is 61.2 Å². The molecule has 0 N–H and O–H groups in total. The normalized spacial score (nSPS) is 13.3. The van der Waals surface area contributed by atoms with Gasteiger partial charge in [0.2, 0.25) is 0 Å². The molecule has 1 aromatic heterocycles. The molecule has 1 heterocycles. The van der Waals surface area contributed by atoms with Gasteiger partial charge < -0.3 is 0 Å². The topological polar surface area (TPSA) is 54.5 Å². The van der Waals surface area contributed by atoms with Gasteiger partial charge in [0.15, 0.2) is 0 Å². The molecule has 0 radical (unpaired) electrons. The van der Waals surface area contributed by atoms with Crippen molar-refractivity contribution in [3.05, 3.63) is 83.2 Å². The maximum absolute atomic E-state index is 13.3. The summed E-state index contributed by atoms with van der Waals surface area (Å²) in [5, 5.41) is 14.7.